The predicted molar refractivity (Wildman–Crippen MR) is 72.9 cm³/mol. The van der Waals surface area contributed by atoms with Gasteiger partial charge in [0.15, 0.2) is 0 Å². The second-order valence-corrected chi connectivity index (χ2v) is 4.52. The van der Waals surface area contributed by atoms with Crippen molar-refractivity contribution in [1.82, 2.24) is 9.99 Å². The van der Waals surface area contributed by atoms with Crippen LogP contribution in [0, 0.1) is 6.20 Å². The predicted octanol–water partition coefficient (Wildman–Crippen LogP) is 2.97. The van der Waals surface area contributed by atoms with Crippen LogP contribution >= 0.6 is 0 Å². The Bertz CT molecular complexity index is 504. The fourth-order valence-electron chi connectivity index (χ4n) is 2.27. The van der Waals surface area contributed by atoms with Crippen LogP contribution in [0.25, 0.3) is 11.1 Å². The van der Waals surface area contributed by atoms with Gasteiger partial charge in [-0.1, -0.05) is 30.3 Å². The van der Waals surface area contributed by atoms with E-state index in [-0.39, 0.29) is 0 Å². The lowest BCUT2D eigenvalue weighted by Gasteiger charge is -2.19. The second kappa shape index (κ2) is 5.19. The molecule has 3 heteroatoms. The van der Waals surface area contributed by atoms with E-state index in [1.54, 1.807) is 6.20 Å². The average molecular weight is 238 g/mol. The van der Waals surface area contributed by atoms with Gasteiger partial charge in [-0.15, -0.1) is 0 Å². The van der Waals surface area contributed by atoms with Crippen molar-refractivity contribution in [3.63, 3.8) is 0 Å². The molecule has 0 atom stereocenters. The first-order valence-corrected chi connectivity index (χ1v) is 6.37. The van der Waals surface area contributed by atoms with E-state index in [0.29, 0.717) is 0 Å². The van der Waals surface area contributed by atoms with Gasteiger partial charge in [0.25, 0.3) is 0 Å². The van der Waals surface area contributed by atoms with E-state index in [2.05, 4.69) is 33.7 Å². The third kappa shape index (κ3) is 2.36. The molecule has 1 fully saturated rings. The van der Waals surface area contributed by atoms with Gasteiger partial charge in [0.05, 0.1) is 11.9 Å². The molecule has 1 aliphatic rings. The summed E-state index contributed by atoms with van der Waals surface area (Å²) in [4.78, 5) is 4.11. The van der Waals surface area contributed by atoms with Gasteiger partial charge in [0, 0.05) is 24.8 Å². The Kier molecular flexibility index (Phi) is 3.24. The molecule has 1 radical (unpaired) electrons. The zero-order chi connectivity index (χ0) is 12.2. The van der Waals surface area contributed by atoms with Gasteiger partial charge >= 0.3 is 0 Å². The lowest BCUT2D eigenvalue weighted by Crippen LogP contribution is -2.26. The summed E-state index contributed by atoms with van der Waals surface area (Å²) in [7, 11) is 0. The Morgan fingerprint density at radius 3 is 2.61 bits per heavy atom. The molecule has 0 unspecified atom stereocenters. The Hall–Kier alpha value is -1.87. The maximum atomic E-state index is 4.11. The molecule has 0 spiro atoms. The molecule has 0 aliphatic carbocycles. The number of pyridine rings is 1. The highest BCUT2D eigenvalue weighted by Gasteiger charge is 2.13. The van der Waals surface area contributed by atoms with Gasteiger partial charge in [0.2, 0.25) is 0 Å². The standard InChI is InChI=1S/C15H16N3/c1-2-6-13(7-3-1)14-12-16-9-8-15(14)17-18-10-4-5-11-18/h1-3,6-9H,4-5,10-11H2,(H,16,17). The molecule has 1 N–H and O–H groups in total. The number of nitrogens with one attached hydrogen (secondary N) is 1. The van der Waals surface area contributed by atoms with Crippen LogP contribution in [0.4, 0.5) is 5.69 Å². The number of aromatic nitrogens is 1. The monoisotopic (exact) mass is 238 g/mol. The van der Waals surface area contributed by atoms with E-state index in [0.717, 1.165) is 29.9 Å². The minimum atomic E-state index is 1.03. The van der Waals surface area contributed by atoms with Gasteiger partial charge in [-0.25, -0.2) is 5.01 Å². The van der Waals surface area contributed by atoms with Crippen LogP contribution in [0.1, 0.15) is 12.8 Å². The lowest BCUT2D eigenvalue weighted by atomic mass is 10.1. The number of hydrazine groups is 1. The SMILES string of the molecule is [c]1nccc(NN2CCCC2)c1-c1ccccc1. The number of nitrogens with zero attached hydrogens (tertiary/aromatic N) is 2. The van der Waals surface area contributed by atoms with Crippen LogP contribution in [0.15, 0.2) is 42.6 Å². The second-order valence-electron chi connectivity index (χ2n) is 4.52. The zero-order valence-corrected chi connectivity index (χ0v) is 10.3. The van der Waals surface area contributed by atoms with Crippen molar-refractivity contribution in [2.75, 3.05) is 18.5 Å². The normalized spacial score (nSPS) is 15.8. The summed E-state index contributed by atoms with van der Waals surface area (Å²) < 4.78 is 0. The summed E-state index contributed by atoms with van der Waals surface area (Å²) in [5, 5.41) is 2.26. The maximum absolute atomic E-state index is 4.11. The van der Waals surface area contributed by atoms with E-state index >= 15 is 0 Å². The quantitative estimate of drug-likeness (QED) is 0.891. The van der Waals surface area contributed by atoms with Crippen LogP contribution in [0.5, 0.6) is 0 Å². The molecule has 0 bridgehead atoms. The first-order valence-electron chi connectivity index (χ1n) is 6.37. The molecule has 0 amide bonds. The number of hydrogen-bond donors (Lipinski definition) is 1. The molecular formula is C15H16N3. The van der Waals surface area contributed by atoms with Crippen LogP contribution in [0.2, 0.25) is 0 Å². The fraction of sp³-hybridized carbons (Fsp3) is 0.267. The number of rotatable bonds is 3. The van der Waals surface area contributed by atoms with Gasteiger partial charge < -0.3 is 5.43 Å². The highest BCUT2D eigenvalue weighted by molar-refractivity contribution is 5.76. The van der Waals surface area contributed by atoms with Crippen molar-refractivity contribution in [1.29, 1.82) is 0 Å². The van der Waals surface area contributed by atoms with Gasteiger partial charge in [0.1, 0.15) is 0 Å². The van der Waals surface area contributed by atoms with Gasteiger partial charge in [-0.2, -0.15) is 0 Å². The minimum absolute atomic E-state index is 1.03. The molecule has 0 saturated carbocycles. The van der Waals surface area contributed by atoms with Crippen LogP contribution in [-0.4, -0.2) is 23.1 Å². The summed E-state index contributed by atoms with van der Waals surface area (Å²) >= 11 is 0. The third-order valence-corrected chi connectivity index (χ3v) is 3.21. The molecule has 1 saturated heterocycles. The molecular weight excluding hydrogens is 222 g/mol. The van der Waals surface area contributed by atoms with Crippen molar-refractivity contribution >= 4 is 5.69 Å². The first-order chi connectivity index (χ1) is 8.93. The molecule has 2 heterocycles. The third-order valence-electron chi connectivity index (χ3n) is 3.21. The Balaban J connectivity index is 1.90. The van der Waals surface area contributed by atoms with E-state index < -0.39 is 0 Å². The lowest BCUT2D eigenvalue weighted by molar-refractivity contribution is 0.410. The summed E-state index contributed by atoms with van der Waals surface area (Å²) in [6.45, 7) is 2.22. The van der Waals surface area contributed by atoms with Gasteiger partial charge in [-0.05, 0) is 24.5 Å². The molecule has 3 nitrogen and oxygen atoms in total. The number of benzene rings is 1. The molecule has 91 valence electrons. The Morgan fingerprint density at radius 1 is 1.06 bits per heavy atom. The Labute approximate surface area is 107 Å². The molecule has 18 heavy (non-hydrogen) atoms. The molecule has 3 rings (SSSR count). The summed E-state index contributed by atoms with van der Waals surface area (Å²) in [5.74, 6) is 0. The number of hydrogen-bond acceptors (Lipinski definition) is 3. The zero-order valence-electron chi connectivity index (χ0n) is 10.3. The van der Waals surface area contributed by atoms with E-state index in [1.807, 2.05) is 24.3 Å². The summed E-state index contributed by atoms with van der Waals surface area (Å²) in [6.07, 6.45) is 7.40. The van der Waals surface area contributed by atoms with Crippen molar-refractivity contribution in [2.45, 2.75) is 12.8 Å². The molecule has 1 aromatic heterocycles. The van der Waals surface area contributed by atoms with Crippen LogP contribution in [-0.2, 0) is 0 Å². The van der Waals surface area contributed by atoms with Crippen molar-refractivity contribution in [3.05, 3.63) is 48.8 Å². The van der Waals surface area contributed by atoms with E-state index in [9.17, 15) is 0 Å². The van der Waals surface area contributed by atoms with Gasteiger partial charge in [-0.3, -0.25) is 4.98 Å². The maximum Gasteiger partial charge on any atom is 0.0992 e. The van der Waals surface area contributed by atoms with Crippen LogP contribution in [0.3, 0.4) is 0 Å². The van der Waals surface area contributed by atoms with Crippen molar-refractivity contribution < 1.29 is 0 Å². The highest BCUT2D eigenvalue weighted by atomic mass is 15.5. The van der Waals surface area contributed by atoms with Crippen molar-refractivity contribution in [3.8, 4) is 11.1 Å². The minimum Gasteiger partial charge on any atom is -0.318 e. The largest absolute Gasteiger partial charge is 0.318 e. The molecule has 2 aromatic rings. The van der Waals surface area contributed by atoms with E-state index in [4.69, 9.17) is 0 Å². The number of anilines is 1. The average Bonchev–Trinajstić information content (AvgIpc) is 2.93. The highest BCUT2D eigenvalue weighted by Crippen LogP contribution is 2.27. The summed E-state index contributed by atoms with van der Waals surface area (Å²) in [6, 6.07) is 12.3. The summed E-state index contributed by atoms with van der Waals surface area (Å²) in [5.41, 5.74) is 6.73. The fourth-order valence-corrected chi connectivity index (χ4v) is 2.27. The Morgan fingerprint density at radius 2 is 1.83 bits per heavy atom. The molecule has 1 aromatic carbocycles. The molecule has 1 aliphatic heterocycles. The smallest absolute Gasteiger partial charge is 0.0992 e. The van der Waals surface area contributed by atoms with Crippen LogP contribution < -0.4 is 5.43 Å². The first kappa shape index (κ1) is 11.2. The van der Waals surface area contributed by atoms with Crippen molar-refractivity contribution in [2.24, 2.45) is 0 Å². The van der Waals surface area contributed by atoms with E-state index in [1.165, 1.54) is 12.8 Å². The topological polar surface area (TPSA) is 28.2 Å².